The zero-order valence-corrected chi connectivity index (χ0v) is 10.2. The summed E-state index contributed by atoms with van der Waals surface area (Å²) in [5.41, 5.74) is 0.673. The van der Waals surface area contributed by atoms with Crippen molar-refractivity contribution in [3.8, 4) is 0 Å². The number of pyridine rings is 1. The van der Waals surface area contributed by atoms with Crippen molar-refractivity contribution in [2.24, 2.45) is 0 Å². The zero-order valence-electron chi connectivity index (χ0n) is 10.2. The van der Waals surface area contributed by atoms with E-state index in [1.54, 1.807) is 13.0 Å². The maximum Gasteiger partial charge on any atom is 0.185 e. The second-order valence-corrected chi connectivity index (χ2v) is 4.12. The molecule has 1 N–H and O–H groups in total. The molecule has 0 saturated heterocycles. The number of anilines is 1. The lowest BCUT2D eigenvalue weighted by Crippen LogP contribution is -2.04. The van der Waals surface area contributed by atoms with E-state index in [1.165, 1.54) is 0 Å². The highest BCUT2D eigenvalue weighted by atomic mass is 19.2. The number of nitrogens with zero attached hydrogens (tertiary/aromatic N) is 1. The van der Waals surface area contributed by atoms with Gasteiger partial charge in [-0.3, -0.25) is 0 Å². The summed E-state index contributed by atoms with van der Waals surface area (Å²) >= 11 is 0. The minimum absolute atomic E-state index is 0.00653. The van der Waals surface area contributed by atoms with E-state index >= 15 is 0 Å². The minimum Gasteiger partial charge on any atom is -0.384 e. The zero-order chi connectivity index (χ0) is 13.3. The number of hydrogen-bond acceptors (Lipinski definition) is 2. The number of aryl methyl sites for hydroxylation is 1. The molecule has 0 fully saturated rings. The maximum absolute atomic E-state index is 13.8. The summed E-state index contributed by atoms with van der Waals surface area (Å²) in [6.45, 7) is 4.23. The number of benzene rings is 1. The van der Waals surface area contributed by atoms with Crippen LogP contribution in [0, 0.1) is 24.4 Å². The van der Waals surface area contributed by atoms with E-state index in [0.29, 0.717) is 24.0 Å². The maximum atomic E-state index is 13.8. The van der Waals surface area contributed by atoms with E-state index in [9.17, 15) is 13.2 Å². The van der Waals surface area contributed by atoms with Gasteiger partial charge in [0.15, 0.2) is 11.6 Å². The molecule has 0 radical (unpaired) electrons. The molecule has 1 aromatic heterocycles. The van der Waals surface area contributed by atoms with Gasteiger partial charge >= 0.3 is 0 Å². The van der Waals surface area contributed by atoms with Crippen LogP contribution in [0.3, 0.4) is 0 Å². The summed E-state index contributed by atoms with van der Waals surface area (Å²) in [5, 5.41) is 2.99. The van der Waals surface area contributed by atoms with Crippen LogP contribution in [0.1, 0.15) is 19.0 Å². The summed E-state index contributed by atoms with van der Waals surface area (Å²) in [6.07, 6.45) is 0.841. The fourth-order valence-electron chi connectivity index (χ4n) is 1.83. The van der Waals surface area contributed by atoms with Gasteiger partial charge in [0.1, 0.15) is 11.3 Å². The lowest BCUT2D eigenvalue weighted by atomic mass is 10.1. The standard InChI is InChI=1S/C13H13F3N2/c1-3-4-17-10-5-7(2)18-13-11(10)8(14)6-9(15)12(13)16/h5-6H,3-4H2,1-2H3,(H,17,18). The number of hydrogen-bond donors (Lipinski definition) is 1. The van der Waals surface area contributed by atoms with Crippen LogP contribution >= 0.6 is 0 Å². The van der Waals surface area contributed by atoms with Crippen molar-refractivity contribution in [1.29, 1.82) is 0 Å². The first kappa shape index (κ1) is 12.7. The Morgan fingerprint density at radius 3 is 2.56 bits per heavy atom. The van der Waals surface area contributed by atoms with Crippen LogP contribution in [0.25, 0.3) is 10.9 Å². The van der Waals surface area contributed by atoms with Gasteiger partial charge in [0.25, 0.3) is 0 Å². The van der Waals surface area contributed by atoms with Crippen molar-refractivity contribution in [3.05, 3.63) is 35.3 Å². The molecule has 5 heteroatoms. The van der Waals surface area contributed by atoms with Crippen molar-refractivity contribution in [1.82, 2.24) is 4.98 Å². The van der Waals surface area contributed by atoms with Gasteiger partial charge in [-0.25, -0.2) is 18.2 Å². The summed E-state index contributed by atoms with van der Waals surface area (Å²) in [6, 6.07) is 2.17. The molecule has 0 saturated carbocycles. The fourth-order valence-corrected chi connectivity index (χ4v) is 1.83. The van der Waals surface area contributed by atoms with Crippen LogP contribution in [0.4, 0.5) is 18.9 Å². The van der Waals surface area contributed by atoms with Gasteiger partial charge in [-0.05, 0) is 19.4 Å². The normalized spacial score (nSPS) is 10.9. The van der Waals surface area contributed by atoms with E-state index in [2.05, 4.69) is 10.3 Å². The molecular weight excluding hydrogens is 241 g/mol. The lowest BCUT2D eigenvalue weighted by Gasteiger charge is -2.11. The number of rotatable bonds is 3. The van der Waals surface area contributed by atoms with Crippen molar-refractivity contribution in [3.63, 3.8) is 0 Å². The molecule has 0 aliphatic rings. The molecule has 0 unspecified atom stereocenters. The number of halogens is 3. The van der Waals surface area contributed by atoms with Crippen molar-refractivity contribution >= 4 is 16.6 Å². The topological polar surface area (TPSA) is 24.9 Å². The highest BCUT2D eigenvalue weighted by Gasteiger charge is 2.17. The highest BCUT2D eigenvalue weighted by Crippen LogP contribution is 2.29. The second kappa shape index (κ2) is 4.84. The third-order valence-corrected chi connectivity index (χ3v) is 2.62. The van der Waals surface area contributed by atoms with E-state index in [1.807, 2.05) is 6.92 Å². The Bertz CT molecular complexity index is 597. The molecule has 2 rings (SSSR count). The van der Waals surface area contributed by atoms with Gasteiger partial charge in [0.2, 0.25) is 0 Å². The molecular formula is C13H13F3N2. The van der Waals surface area contributed by atoms with Crippen molar-refractivity contribution in [2.45, 2.75) is 20.3 Å². The van der Waals surface area contributed by atoms with E-state index in [0.717, 1.165) is 6.42 Å². The van der Waals surface area contributed by atoms with Gasteiger partial charge < -0.3 is 5.32 Å². The number of nitrogens with one attached hydrogen (secondary N) is 1. The molecule has 2 nitrogen and oxygen atoms in total. The Balaban J connectivity index is 2.74. The number of fused-ring (bicyclic) bond motifs is 1. The first-order valence-electron chi connectivity index (χ1n) is 5.73. The monoisotopic (exact) mass is 254 g/mol. The predicted molar refractivity (Wildman–Crippen MR) is 65.1 cm³/mol. The highest BCUT2D eigenvalue weighted by molar-refractivity contribution is 5.92. The largest absolute Gasteiger partial charge is 0.384 e. The molecule has 0 aliphatic carbocycles. The van der Waals surface area contributed by atoms with Gasteiger partial charge in [-0.15, -0.1) is 0 Å². The van der Waals surface area contributed by atoms with Gasteiger partial charge in [0.05, 0.1) is 5.39 Å². The van der Waals surface area contributed by atoms with Gasteiger partial charge in [-0.1, -0.05) is 6.92 Å². The van der Waals surface area contributed by atoms with Gasteiger partial charge in [0, 0.05) is 24.0 Å². The molecule has 96 valence electrons. The molecule has 2 aromatic rings. The number of aromatic nitrogens is 1. The second-order valence-electron chi connectivity index (χ2n) is 4.12. The Morgan fingerprint density at radius 2 is 1.89 bits per heavy atom. The molecule has 0 atom stereocenters. The molecule has 0 aliphatic heterocycles. The first-order valence-corrected chi connectivity index (χ1v) is 5.73. The summed E-state index contributed by atoms with van der Waals surface area (Å²) in [5.74, 6) is -3.15. The summed E-state index contributed by atoms with van der Waals surface area (Å²) < 4.78 is 40.5. The average Bonchev–Trinajstić information content (AvgIpc) is 2.32. The molecule has 18 heavy (non-hydrogen) atoms. The van der Waals surface area contributed by atoms with E-state index < -0.39 is 17.5 Å². The average molecular weight is 254 g/mol. The van der Waals surface area contributed by atoms with Gasteiger partial charge in [-0.2, -0.15) is 0 Å². The van der Waals surface area contributed by atoms with Crippen molar-refractivity contribution < 1.29 is 13.2 Å². The Hall–Kier alpha value is -1.78. The van der Waals surface area contributed by atoms with Crippen molar-refractivity contribution in [2.75, 3.05) is 11.9 Å². The van der Waals surface area contributed by atoms with Crippen LogP contribution < -0.4 is 5.32 Å². The molecule has 1 heterocycles. The fraction of sp³-hybridized carbons (Fsp3) is 0.308. The van der Waals surface area contributed by atoms with Crippen LogP contribution in [-0.4, -0.2) is 11.5 Å². The molecule has 0 spiro atoms. The van der Waals surface area contributed by atoms with E-state index in [4.69, 9.17) is 0 Å². The molecule has 1 aromatic carbocycles. The Morgan fingerprint density at radius 1 is 1.17 bits per heavy atom. The van der Waals surface area contributed by atoms with Crippen LogP contribution in [-0.2, 0) is 0 Å². The molecule has 0 bridgehead atoms. The first-order chi connectivity index (χ1) is 8.54. The third kappa shape index (κ3) is 2.12. The SMILES string of the molecule is CCCNc1cc(C)nc2c(F)c(F)cc(F)c12. The van der Waals surface area contributed by atoms with Crippen LogP contribution in [0.5, 0.6) is 0 Å². The lowest BCUT2D eigenvalue weighted by molar-refractivity contribution is 0.504. The van der Waals surface area contributed by atoms with Crippen LogP contribution in [0.15, 0.2) is 12.1 Å². The minimum atomic E-state index is -1.22. The smallest absolute Gasteiger partial charge is 0.185 e. The Kier molecular flexibility index (Phi) is 3.41. The van der Waals surface area contributed by atoms with E-state index in [-0.39, 0.29) is 10.9 Å². The third-order valence-electron chi connectivity index (χ3n) is 2.62. The Labute approximate surface area is 103 Å². The summed E-state index contributed by atoms with van der Waals surface area (Å²) in [7, 11) is 0. The van der Waals surface area contributed by atoms with Crippen LogP contribution in [0.2, 0.25) is 0 Å². The quantitative estimate of drug-likeness (QED) is 0.843. The summed E-state index contributed by atoms with van der Waals surface area (Å²) in [4.78, 5) is 3.87. The molecule has 0 amide bonds. The predicted octanol–water partition coefficient (Wildman–Crippen LogP) is 3.78.